The maximum atomic E-state index is 10.7. The minimum Gasteiger partial charge on any atom is -0.384 e. The SMILES string of the molecule is CC(C)CCNc1nc(N)ccc1[N+](=O)[O-]. The molecule has 6 heteroatoms. The van der Waals surface area contributed by atoms with E-state index < -0.39 is 4.92 Å². The van der Waals surface area contributed by atoms with Crippen LogP contribution in [0.5, 0.6) is 0 Å². The van der Waals surface area contributed by atoms with Crippen molar-refractivity contribution < 1.29 is 4.92 Å². The van der Waals surface area contributed by atoms with Crippen LogP contribution in [0, 0.1) is 16.0 Å². The lowest BCUT2D eigenvalue weighted by molar-refractivity contribution is -0.384. The monoisotopic (exact) mass is 224 g/mol. The summed E-state index contributed by atoms with van der Waals surface area (Å²) in [5, 5.41) is 13.6. The number of nitrogens with zero attached hydrogens (tertiary/aromatic N) is 2. The van der Waals surface area contributed by atoms with Gasteiger partial charge in [0.05, 0.1) is 4.92 Å². The molecule has 0 saturated heterocycles. The van der Waals surface area contributed by atoms with Gasteiger partial charge in [-0.1, -0.05) is 13.8 Å². The van der Waals surface area contributed by atoms with Gasteiger partial charge in [0, 0.05) is 12.6 Å². The van der Waals surface area contributed by atoms with E-state index in [2.05, 4.69) is 24.1 Å². The summed E-state index contributed by atoms with van der Waals surface area (Å²) in [7, 11) is 0. The molecule has 1 aromatic rings. The van der Waals surface area contributed by atoms with E-state index in [1.54, 1.807) is 0 Å². The summed E-state index contributed by atoms with van der Waals surface area (Å²) in [5.74, 6) is 1.05. The first kappa shape index (κ1) is 12.2. The Morgan fingerprint density at radius 1 is 1.56 bits per heavy atom. The van der Waals surface area contributed by atoms with Gasteiger partial charge in [-0.3, -0.25) is 10.1 Å². The predicted molar refractivity (Wildman–Crippen MR) is 63.2 cm³/mol. The van der Waals surface area contributed by atoms with Crippen LogP contribution in [0.1, 0.15) is 20.3 Å². The standard InChI is InChI=1S/C10H16N4O2/c1-7(2)5-6-12-10-8(14(15)16)3-4-9(11)13-10/h3-4,7H,5-6H2,1-2H3,(H3,11,12,13). The van der Waals surface area contributed by atoms with Crippen molar-refractivity contribution in [2.24, 2.45) is 5.92 Å². The molecule has 0 aliphatic heterocycles. The lowest BCUT2D eigenvalue weighted by Crippen LogP contribution is -2.09. The number of nitrogens with two attached hydrogens (primary N) is 1. The van der Waals surface area contributed by atoms with Crippen LogP contribution in [0.25, 0.3) is 0 Å². The zero-order valence-corrected chi connectivity index (χ0v) is 9.43. The van der Waals surface area contributed by atoms with Crippen molar-refractivity contribution in [1.82, 2.24) is 4.98 Å². The quantitative estimate of drug-likeness (QED) is 0.589. The third-order valence-corrected chi connectivity index (χ3v) is 2.11. The summed E-state index contributed by atoms with van der Waals surface area (Å²) in [6.07, 6.45) is 0.924. The number of aromatic nitrogens is 1. The van der Waals surface area contributed by atoms with E-state index in [-0.39, 0.29) is 17.3 Å². The Kier molecular flexibility index (Phi) is 4.04. The van der Waals surface area contributed by atoms with Crippen molar-refractivity contribution in [2.45, 2.75) is 20.3 Å². The van der Waals surface area contributed by atoms with Gasteiger partial charge in [0.2, 0.25) is 5.82 Å². The summed E-state index contributed by atoms with van der Waals surface area (Å²) in [4.78, 5) is 14.2. The van der Waals surface area contributed by atoms with Crippen LogP contribution < -0.4 is 11.1 Å². The van der Waals surface area contributed by atoms with Crippen LogP contribution >= 0.6 is 0 Å². The smallest absolute Gasteiger partial charge is 0.311 e. The third kappa shape index (κ3) is 3.38. The van der Waals surface area contributed by atoms with Gasteiger partial charge in [0.25, 0.3) is 0 Å². The maximum Gasteiger partial charge on any atom is 0.311 e. The topological polar surface area (TPSA) is 94.1 Å². The molecule has 0 bridgehead atoms. The second-order valence-corrected chi connectivity index (χ2v) is 3.97. The first-order chi connectivity index (χ1) is 7.50. The van der Waals surface area contributed by atoms with E-state index in [9.17, 15) is 10.1 Å². The van der Waals surface area contributed by atoms with E-state index in [1.807, 2.05) is 0 Å². The molecule has 0 radical (unpaired) electrons. The van der Waals surface area contributed by atoms with Crippen molar-refractivity contribution in [3.63, 3.8) is 0 Å². The maximum absolute atomic E-state index is 10.7. The molecule has 0 amide bonds. The van der Waals surface area contributed by atoms with E-state index in [4.69, 9.17) is 5.73 Å². The average Bonchev–Trinajstić information content (AvgIpc) is 2.16. The molecule has 1 heterocycles. The van der Waals surface area contributed by atoms with E-state index in [0.29, 0.717) is 12.5 Å². The van der Waals surface area contributed by atoms with Gasteiger partial charge in [-0.15, -0.1) is 0 Å². The van der Waals surface area contributed by atoms with Crippen molar-refractivity contribution in [1.29, 1.82) is 0 Å². The fraction of sp³-hybridized carbons (Fsp3) is 0.500. The molecule has 0 aliphatic rings. The minimum absolute atomic E-state index is 0.0436. The average molecular weight is 224 g/mol. The molecular formula is C10H16N4O2. The molecule has 0 spiro atoms. The first-order valence-electron chi connectivity index (χ1n) is 5.15. The van der Waals surface area contributed by atoms with Crippen molar-refractivity contribution in [3.8, 4) is 0 Å². The summed E-state index contributed by atoms with van der Waals surface area (Å²) < 4.78 is 0. The Morgan fingerprint density at radius 3 is 2.81 bits per heavy atom. The molecule has 0 saturated carbocycles. The number of nitrogens with one attached hydrogen (secondary N) is 1. The number of hydrogen-bond donors (Lipinski definition) is 2. The summed E-state index contributed by atoms with van der Waals surface area (Å²) in [5.41, 5.74) is 5.44. The fourth-order valence-electron chi connectivity index (χ4n) is 1.22. The van der Waals surface area contributed by atoms with Crippen LogP contribution in [-0.2, 0) is 0 Å². The van der Waals surface area contributed by atoms with Crippen molar-refractivity contribution in [2.75, 3.05) is 17.6 Å². The van der Waals surface area contributed by atoms with E-state index in [0.717, 1.165) is 6.42 Å². The highest BCUT2D eigenvalue weighted by Gasteiger charge is 2.14. The fourth-order valence-corrected chi connectivity index (χ4v) is 1.22. The highest BCUT2D eigenvalue weighted by atomic mass is 16.6. The van der Waals surface area contributed by atoms with Gasteiger partial charge in [-0.05, 0) is 18.4 Å². The molecule has 88 valence electrons. The number of rotatable bonds is 5. The molecule has 1 aromatic heterocycles. The molecule has 1 rings (SSSR count). The molecule has 0 aliphatic carbocycles. The Hall–Kier alpha value is -1.85. The predicted octanol–water partition coefficient (Wildman–Crippen LogP) is 2.03. The van der Waals surface area contributed by atoms with Gasteiger partial charge in [0.1, 0.15) is 5.82 Å². The van der Waals surface area contributed by atoms with Crippen LogP contribution in [-0.4, -0.2) is 16.5 Å². The van der Waals surface area contributed by atoms with Gasteiger partial charge in [-0.25, -0.2) is 4.98 Å². The van der Waals surface area contributed by atoms with Gasteiger partial charge < -0.3 is 11.1 Å². The molecule has 6 nitrogen and oxygen atoms in total. The molecule has 16 heavy (non-hydrogen) atoms. The second-order valence-electron chi connectivity index (χ2n) is 3.97. The first-order valence-corrected chi connectivity index (χ1v) is 5.15. The summed E-state index contributed by atoms with van der Waals surface area (Å²) in [6, 6.07) is 2.78. The highest BCUT2D eigenvalue weighted by molar-refractivity contribution is 5.59. The summed E-state index contributed by atoms with van der Waals surface area (Å²) in [6.45, 7) is 4.82. The number of pyridine rings is 1. The third-order valence-electron chi connectivity index (χ3n) is 2.11. The Balaban J connectivity index is 2.76. The lowest BCUT2D eigenvalue weighted by atomic mass is 10.1. The number of anilines is 2. The van der Waals surface area contributed by atoms with E-state index >= 15 is 0 Å². The highest BCUT2D eigenvalue weighted by Crippen LogP contribution is 2.22. The lowest BCUT2D eigenvalue weighted by Gasteiger charge is -2.08. The van der Waals surface area contributed by atoms with Crippen molar-refractivity contribution >= 4 is 17.3 Å². The number of hydrogen-bond acceptors (Lipinski definition) is 5. The summed E-state index contributed by atoms with van der Waals surface area (Å²) >= 11 is 0. The second kappa shape index (κ2) is 5.29. The van der Waals surface area contributed by atoms with Gasteiger partial charge in [-0.2, -0.15) is 0 Å². The molecule has 0 fully saturated rings. The van der Waals surface area contributed by atoms with Crippen LogP contribution in [0.15, 0.2) is 12.1 Å². The molecule has 0 atom stereocenters. The van der Waals surface area contributed by atoms with Crippen LogP contribution in [0.3, 0.4) is 0 Å². The Labute approximate surface area is 94.0 Å². The van der Waals surface area contributed by atoms with Crippen LogP contribution in [0.2, 0.25) is 0 Å². The molecule has 3 N–H and O–H groups in total. The van der Waals surface area contributed by atoms with Gasteiger partial charge in [0.15, 0.2) is 0 Å². The molecule has 0 aromatic carbocycles. The molecule has 0 unspecified atom stereocenters. The zero-order chi connectivity index (χ0) is 12.1. The Morgan fingerprint density at radius 2 is 2.25 bits per heavy atom. The van der Waals surface area contributed by atoms with Crippen LogP contribution in [0.4, 0.5) is 17.3 Å². The van der Waals surface area contributed by atoms with Gasteiger partial charge >= 0.3 is 5.69 Å². The Bertz CT molecular complexity index is 379. The largest absolute Gasteiger partial charge is 0.384 e. The van der Waals surface area contributed by atoms with E-state index in [1.165, 1.54) is 12.1 Å². The molecular weight excluding hydrogens is 208 g/mol. The van der Waals surface area contributed by atoms with Crippen molar-refractivity contribution in [3.05, 3.63) is 22.2 Å². The zero-order valence-electron chi connectivity index (χ0n) is 9.43. The number of nitro groups is 1. The number of nitrogen functional groups attached to an aromatic ring is 1. The minimum atomic E-state index is -0.468. The normalized spacial score (nSPS) is 10.4.